The number of hydrogen-bond acceptors (Lipinski definition) is 3. The Balaban J connectivity index is 1.90. The summed E-state index contributed by atoms with van der Waals surface area (Å²) in [6.45, 7) is 4.78. The Morgan fingerprint density at radius 3 is 2.13 bits per heavy atom. The summed E-state index contributed by atoms with van der Waals surface area (Å²) in [5, 5.41) is 3.33. The second-order valence-electron chi connectivity index (χ2n) is 5.69. The summed E-state index contributed by atoms with van der Waals surface area (Å²) in [7, 11) is -3.24. The zero-order chi connectivity index (χ0) is 16.7. The van der Waals surface area contributed by atoms with Crippen LogP contribution in [-0.2, 0) is 16.6 Å². The molecule has 124 valence electrons. The maximum Gasteiger partial charge on any atom is 0.232 e. The van der Waals surface area contributed by atoms with Crippen molar-refractivity contribution in [2.45, 2.75) is 33.2 Å². The number of nitrogens with one attached hydrogen (secondary N) is 2. The molecule has 23 heavy (non-hydrogen) atoms. The van der Waals surface area contributed by atoms with E-state index in [4.69, 9.17) is 0 Å². The van der Waals surface area contributed by atoms with Gasteiger partial charge in [-0.3, -0.25) is 4.72 Å². The van der Waals surface area contributed by atoms with Gasteiger partial charge in [-0.2, -0.15) is 0 Å². The van der Waals surface area contributed by atoms with Gasteiger partial charge in [0.15, 0.2) is 0 Å². The summed E-state index contributed by atoms with van der Waals surface area (Å²) >= 11 is 0. The average Bonchev–Trinajstić information content (AvgIpc) is 2.53. The second kappa shape index (κ2) is 8.02. The molecule has 0 spiro atoms. The molecule has 2 rings (SSSR count). The van der Waals surface area contributed by atoms with Gasteiger partial charge in [0, 0.05) is 17.9 Å². The van der Waals surface area contributed by atoms with Crippen LogP contribution in [0.1, 0.15) is 30.9 Å². The molecule has 4 nitrogen and oxygen atoms in total. The Morgan fingerprint density at radius 2 is 1.52 bits per heavy atom. The average molecular weight is 332 g/mol. The van der Waals surface area contributed by atoms with E-state index in [1.807, 2.05) is 19.1 Å². The number of sulfonamides is 1. The van der Waals surface area contributed by atoms with Gasteiger partial charge >= 0.3 is 0 Å². The fraction of sp³-hybridized carbons (Fsp3) is 0.333. The minimum absolute atomic E-state index is 0.164. The van der Waals surface area contributed by atoms with Crippen molar-refractivity contribution in [3.05, 3.63) is 59.7 Å². The molecule has 2 aromatic carbocycles. The van der Waals surface area contributed by atoms with Crippen molar-refractivity contribution < 1.29 is 8.42 Å². The van der Waals surface area contributed by atoms with Crippen molar-refractivity contribution in [2.75, 3.05) is 15.8 Å². The molecule has 0 aliphatic rings. The predicted octanol–water partition coefficient (Wildman–Crippen LogP) is 4.15. The summed E-state index contributed by atoms with van der Waals surface area (Å²) < 4.78 is 26.3. The molecule has 2 N–H and O–H groups in total. The van der Waals surface area contributed by atoms with Crippen LogP contribution in [0.4, 0.5) is 11.4 Å². The first kappa shape index (κ1) is 17.3. The van der Waals surface area contributed by atoms with Gasteiger partial charge in [-0.15, -0.1) is 0 Å². The second-order valence-corrected chi connectivity index (χ2v) is 7.53. The van der Waals surface area contributed by atoms with Crippen molar-refractivity contribution in [2.24, 2.45) is 0 Å². The quantitative estimate of drug-likeness (QED) is 0.763. The largest absolute Gasteiger partial charge is 0.381 e. The topological polar surface area (TPSA) is 58.2 Å². The van der Waals surface area contributed by atoms with Crippen molar-refractivity contribution in [3.63, 3.8) is 0 Å². The fourth-order valence-electron chi connectivity index (χ4n) is 2.13. The molecule has 0 saturated heterocycles. The molecular formula is C18H24N2O2S. The summed E-state index contributed by atoms with van der Waals surface area (Å²) in [5.74, 6) is 0.164. The third-order valence-corrected chi connectivity index (χ3v) is 4.91. The van der Waals surface area contributed by atoms with E-state index in [1.165, 1.54) is 11.1 Å². The molecule has 0 heterocycles. The molecule has 0 aromatic heterocycles. The van der Waals surface area contributed by atoms with Crippen LogP contribution in [0.15, 0.2) is 48.5 Å². The van der Waals surface area contributed by atoms with Crippen LogP contribution in [0.25, 0.3) is 0 Å². The van der Waals surface area contributed by atoms with E-state index in [0.29, 0.717) is 12.1 Å². The molecule has 0 amide bonds. The normalized spacial score (nSPS) is 11.2. The predicted molar refractivity (Wildman–Crippen MR) is 97.3 cm³/mol. The van der Waals surface area contributed by atoms with Crippen molar-refractivity contribution >= 4 is 21.4 Å². The lowest BCUT2D eigenvalue weighted by atomic mass is 10.1. The van der Waals surface area contributed by atoms with E-state index in [-0.39, 0.29) is 5.75 Å². The van der Waals surface area contributed by atoms with Gasteiger partial charge in [-0.05, 0) is 43.2 Å². The number of unbranched alkanes of at least 4 members (excludes halogenated alkanes) is 1. The molecule has 0 bridgehead atoms. The highest BCUT2D eigenvalue weighted by molar-refractivity contribution is 7.92. The first-order valence-electron chi connectivity index (χ1n) is 7.88. The van der Waals surface area contributed by atoms with Crippen molar-refractivity contribution in [1.82, 2.24) is 0 Å². The zero-order valence-electron chi connectivity index (χ0n) is 13.7. The fourth-order valence-corrected chi connectivity index (χ4v) is 3.40. The van der Waals surface area contributed by atoms with Gasteiger partial charge in [0.05, 0.1) is 5.75 Å². The Morgan fingerprint density at radius 1 is 0.913 bits per heavy atom. The standard InChI is InChI=1S/C18H24N2O2S/c1-3-4-13-23(21,22)20-18-11-9-17(10-12-18)19-14-16-7-5-15(2)6-8-16/h5-12,19-20H,3-4,13-14H2,1-2H3. The number of hydrogen-bond donors (Lipinski definition) is 2. The van der Waals surface area contributed by atoms with Gasteiger partial charge in [0.1, 0.15) is 0 Å². The Bertz CT molecular complexity index is 708. The Kier molecular flexibility index (Phi) is 6.04. The SMILES string of the molecule is CCCCS(=O)(=O)Nc1ccc(NCc2ccc(C)cc2)cc1. The lowest BCUT2D eigenvalue weighted by Crippen LogP contribution is -2.16. The summed E-state index contributed by atoms with van der Waals surface area (Å²) in [5.41, 5.74) is 4.01. The molecule has 2 aromatic rings. The van der Waals surface area contributed by atoms with Gasteiger partial charge in [0.25, 0.3) is 0 Å². The van der Waals surface area contributed by atoms with Crippen molar-refractivity contribution in [3.8, 4) is 0 Å². The molecule has 0 aliphatic heterocycles. The molecule has 0 radical (unpaired) electrons. The first-order chi connectivity index (χ1) is 11.0. The highest BCUT2D eigenvalue weighted by Gasteiger charge is 2.09. The minimum Gasteiger partial charge on any atom is -0.381 e. The Labute approximate surface area is 139 Å². The summed E-state index contributed by atoms with van der Waals surface area (Å²) in [6, 6.07) is 15.7. The van der Waals surface area contributed by atoms with Crippen LogP contribution < -0.4 is 10.0 Å². The molecule has 0 aliphatic carbocycles. The smallest absolute Gasteiger partial charge is 0.232 e. The number of rotatable bonds is 8. The third-order valence-electron chi connectivity index (χ3n) is 3.54. The maximum atomic E-state index is 11.9. The van der Waals surface area contributed by atoms with Crippen LogP contribution in [0.2, 0.25) is 0 Å². The number of benzene rings is 2. The van der Waals surface area contributed by atoms with Crippen molar-refractivity contribution in [1.29, 1.82) is 0 Å². The molecule has 5 heteroatoms. The zero-order valence-corrected chi connectivity index (χ0v) is 14.5. The van der Waals surface area contributed by atoms with E-state index in [0.717, 1.165) is 18.7 Å². The first-order valence-corrected chi connectivity index (χ1v) is 9.54. The highest BCUT2D eigenvalue weighted by atomic mass is 32.2. The van der Waals surface area contributed by atoms with Gasteiger partial charge < -0.3 is 5.32 Å². The van der Waals surface area contributed by atoms with E-state index in [9.17, 15) is 8.42 Å². The third kappa shape index (κ3) is 5.94. The monoisotopic (exact) mass is 332 g/mol. The number of aryl methyl sites for hydroxylation is 1. The Hall–Kier alpha value is -2.01. The van der Waals surface area contributed by atoms with E-state index >= 15 is 0 Å². The highest BCUT2D eigenvalue weighted by Crippen LogP contribution is 2.16. The number of anilines is 2. The minimum atomic E-state index is -3.24. The molecule has 0 atom stereocenters. The van der Waals surface area contributed by atoms with E-state index in [1.54, 1.807) is 12.1 Å². The van der Waals surface area contributed by atoms with Crippen LogP contribution in [0, 0.1) is 6.92 Å². The van der Waals surface area contributed by atoms with E-state index < -0.39 is 10.0 Å². The van der Waals surface area contributed by atoms with Crippen LogP contribution >= 0.6 is 0 Å². The van der Waals surface area contributed by atoms with Gasteiger partial charge in [-0.25, -0.2) is 8.42 Å². The molecular weight excluding hydrogens is 308 g/mol. The summed E-state index contributed by atoms with van der Waals surface area (Å²) in [6.07, 6.45) is 1.54. The van der Waals surface area contributed by atoms with Gasteiger partial charge in [-0.1, -0.05) is 43.2 Å². The molecule has 0 saturated carbocycles. The molecule has 0 fully saturated rings. The van der Waals surface area contributed by atoms with Crippen LogP contribution in [0.5, 0.6) is 0 Å². The summed E-state index contributed by atoms with van der Waals surface area (Å²) in [4.78, 5) is 0. The van der Waals surface area contributed by atoms with Gasteiger partial charge in [0.2, 0.25) is 10.0 Å². The van der Waals surface area contributed by atoms with Crippen LogP contribution in [-0.4, -0.2) is 14.2 Å². The molecule has 0 unspecified atom stereocenters. The van der Waals surface area contributed by atoms with Crippen LogP contribution in [0.3, 0.4) is 0 Å². The lowest BCUT2D eigenvalue weighted by Gasteiger charge is -2.10. The maximum absolute atomic E-state index is 11.9. The lowest BCUT2D eigenvalue weighted by molar-refractivity contribution is 0.598. The van der Waals surface area contributed by atoms with E-state index in [2.05, 4.69) is 41.2 Å².